The van der Waals surface area contributed by atoms with E-state index < -0.39 is 18.1 Å². The number of hydrogen-bond donors (Lipinski definition) is 4. The summed E-state index contributed by atoms with van der Waals surface area (Å²) >= 11 is 6.19. The van der Waals surface area contributed by atoms with Crippen molar-refractivity contribution in [2.24, 2.45) is 5.92 Å². The van der Waals surface area contributed by atoms with Crippen LogP contribution < -0.4 is 26.0 Å². The molecular weight excluding hydrogens is 516 g/mol. The quantitative estimate of drug-likeness (QED) is 0.451. The minimum atomic E-state index is -0.796. The van der Waals surface area contributed by atoms with Gasteiger partial charge in [-0.1, -0.05) is 69.1 Å². The highest BCUT2D eigenvalue weighted by Gasteiger charge is 2.30. The van der Waals surface area contributed by atoms with Crippen molar-refractivity contribution in [1.29, 1.82) is 0 Å². The molecule has 1 aliphatic rings. The molecule has 1 aliphatic heterocycles. The van der Waals surface area contributed by atoms with Gasteiger partial charge >= 0.3 is 0 Å². The van der Waals surface area contributed by atoms with E-state index in [-0.39, 0.29) is 23.6 Å². The Morgan fingerprint density at radius 3 is 2.49 bits per heavy atom. The molecule has 0 spiro atoms. The highest BCUT2D eigenvalue weighted by atomic mass is 35.5. The summed E-state index contributed by atoms with van der Waals surface area (Å²) in [6.07, 6.45) is 3.10. The van der Waals surface area contributed by atoms with E-state index in [1.807, 2.05) is 63.2 Å². The maximum Gasteiger partial charge on any atom is 0.243 e. The molecule has 0 aliphatic carbocycles. The van der Waals surface area contributed by atoms with E-state index in [0.717, 1.165) is 36.1 Å². The van der Waals surface area contributed by atoms with Crippen LogP contribution in [0.5, 0.6) is 5.75 Å². The molecule has 8 nitrogen and oxygen atoms in total. The Bertz CT molecular complexity index is 1110. The summed E-state index contributed by atoms with van der Waals surface area (Å²) in [6.45, 7) is 6.99. The summed E-state index contributed by atoms with van der Waals surface area (Å²) in [7, 11) is 0. The average Bonchev–Trinajstić information content (AvgIpc) is 2.90. The Labute approximate surface area is 236 Å². The van der Waals surface area contributed by atoms with Crippen molar-refractivity contribution in [3.63, 3.8) is 0 Å². The number of hydrogen-bond acceptors (Lipinski definition) is 5. The molecule has 3 amide bonds. The van der Waals surface area contributed by atoms with E-state index in [9.17, 15) is 14.4 Å². The lowest BCUT2D eigenvalue weighted by atomic mass is 10.00. The second-order valence-electron chi connectivity index (χ2n) is 10.3. The van der Waals surface area contributed by atoms with Gasteiger partial charge in [-0.15, -0.1) is 0 Å². The van der Waals surface area contributed by atoms with Gasteiger partial charge in [-0.2, -0.15) is 0 Å². The van der Waals surface area contributed by atoms with E-state index in [2.05, 4.69) is 21.3 Å². The minimum Gasteiger partial charge on any atom is -0.492 e. The first kappa shape index (κ1) is 30.4. The second-order valence-corrected chi connectivity index (χ2v) is 10.7. The number of carbonyl (C=O) groups is 3. The number of carbonyl (C=O) groups excluding carboxylic acids is 3. The highest BCUT2D eigenvalue weighted by molar-refractivity contribution is 6.30. The average molecular weight is 557 g/mol. The fraction of sp³-hybridized carbons (Fsp3) is 0.500. The number of ether oxygens (including phenoxy) is 1. The highest BCUT2D eigenvalue weighted by Crippen LogP contribution is 2.19. The summed E-state index contributed by atoms with van der Waals surface area (Å²) in [4.78, 5) is 39.8. The van der Waals surface area contributed by atoms with Crippen molar-refractivity contribution in [3.8, 4) is 5.75 Å². The predicted molar refractivity (Wildman–Crippen MR) is 154 cm³/mol. The topological polar surface area (TPSA) is 109 Å². The van der Waals surface area contributed by atoms with Crippen molar-refractivity contribution >= 4 is 29.3 Å². The lowest BCUT2D eigenvalue weighted by Crippen LogP contribution is -2.58. The lowest BCUT2D eigenvalue weighted by molar-refractivity contribution is -0.133. The Kier molecular flexibility index (Phi) is 12.1. The molecule has 0 aromatic heterocycles. The standard InChI is InChI=1S/C30H41ClN4O4/c1-4-9-24-28(36)33-15-8-12-22-11-5-6-14-26(22)39-17-16-32-25(19-21-10-7-13-23(31)18-21)29(37)35-27(20(2)3)30(38)34-24/h5-7,10-11,13-14,18,20,24-25,27,32H,4,8-9,12,15-17,19H2,1-3H3,(H,33,36)(H,34,38)(H,35,37)/t24-,25+,27+/m0/s1. The number of nitrogens with one attached hydrogen (secondary N) is 4. The van der Waals surface area contributed by atoms with E-state index in [1.54, 1.807) is 6.07 Å². The molecule has 4 N–H and O–H groups in total. The number of benzene rings is 2. The smallest absolute Gasteiger partial charge is 0.243 e. The molecule has 0 bridgehead atoms. The van der Waals surface area contributed by atoms with Gasteiger partial charge in [0.1, 0.15) is 24.4 Å². The molecule has 0 saturated heterocycles. The van der Waals surface area contributed by atoms with Gasteiger partial charge < -0.3 is 26.0 Å². The van der Waals surface area contributed by atoms with Crippen LogP contribution in [-0.2, 0) is 27.2 Å². The van der Waals surface area contributed by atoms with Gasteiger partial charge in [0.15, 0.2) is 0 Å². The third kappa shape index (κ3) is 9.55. The van der Waals surface area contributed by atoms with Crippen molar-refractivity contribution < 1.29 is 19.1 Å². The van der Waals surface area contributed by atoms with Crippen LogP contribution in [0.25, 0.3) is 0 Å². The van der Waals surface area contributed by atoms with E-state index >= 15 is 0 Å². The SMILES string of the molecule is CCC[C@@H]1NC(=O)[C@@H](C(C)C)NC(=O)[C@@H](Cc2cccc(Cl)c2)NCCOc2ccccc2CCCNC1=O. The molecule has 39 heavy (non-hydrogen) atoms. The van der Waals surface area contributed by atoms with Crippen molar-refractivity contribution in [2.45, 2.75) is 71.0 Å². The number of amides is 3. The molecule has 0 radical (unpaired) electrons. The third-order valence-electron chi connectivity index (χ3n) is 6.75. The van der Waals surface area contributed by atoms with Crippen LogP contribution in [-0.4, -0.2) is 55.5 Å². The predicted octanol–water partition coefficient (Wildman–Crippen LogP) is 3.41. The van der Waals surface area contributed by atoms with Gasteiger partial charge in [-0.25, -0.2) is 0 Å². The van der Waals surface area contributed by atoms with Gasteiger partial charge in [0.05, 0.1) is 6.04 Å². The summed E-state index contributed by atoms with van der Waals surface area (Å²) in [5, 5.41) is 12.7. The maximum atomic E-state index is 13.5. The van der Waals surface area contributed by atoms with Gasteiger partial charge in [0.2, 0.25) is 17.7 Å². The fourth-order valence-electron chi connectivity index (χ4n) is 4.62. The molecular formula is C30H41ClN4O4. The molecule has 212 valence electrons. The zero-order valence-electron chi connectivity index (χ0n) is 23.1. The Morgan fingerprint density at radius 2 is 1.74 bits per heavy atom. The number of rotatable bonds is 5. The molecule has 9 heteroatoms. The van der Waals surface area contributed by atoms with E-state index in [1.165, 1.54) is 0 Å². The van der Waals surface area contributed by atoms with Gasteiger partial charge in [-0.3, -0.25) is 14.4 Å². The van der Waals surface area contributed by atoms with Crippen molar-refractivity contribution in [3.05, 3.63) is 64.7 Å². The largest absolute Gasteiger partial charge is 0.492 e. The van der Waals surface area contributed by atoms with E-state index in [0.29, 0.717) is 37.6 Å². The zero-order chi connectivity index (χ0) is 28.2. The van der Waals surface area contributed by atoms with Crippen LogP contribution in [0.1, 0.15) is 51.2 Å². The Hall–Kier alpha value is -3.10. The summed E-state index contributed by atoms with van der Waals surface area (Å²) < 4.78 is 6.07. The monoisotopic (exact) mass is 556 g/mol. The van der Waals surface area contributed by atoms with Gasteiger partial charge in [0, 0.05) is 18.1 Å². The Balaban J connectivity index is 1.86. The van der Waals surface area contributed by atoms with Crippen LogP contribution in [0.3, 0.4) is 0 Å². The second kappa shape index (κ2) is 15.5. The van der Waals surface area contributed by atoms with E-state index in [4.69, 9.17) is 16.3 Å². The van der Waals surface area contributed by atoms with Crippen LogP contribution in [0.15, 0.2) is 48.5 Å². The molecule has 3 rings (SSSR count). The normalized spacial score (nSPS) is 22.0. The summed E-state index contributed by atoms with van der Waals surface area (Å²) in [5.41, 5.74) is 1.95. The minimum absolute atomic E-state index is 0.184. The Morgan fingerprint density at radius 1 is 0.949 bits per heavy atom. The number of para-hydroxylation sites is 1. The first-order valence-corrected chi connectivity index (χ1v) is 14.2. The lowest BCUT2D eigenvalue weighted by Gasteiger charge is -2.27. The van der Waals surface area contributed by atoms with Gasteiger partial charge in [-0.05, 0) is 60.9 Å². The van der Waals surface area contributed by atoms with Crippen LogP contribution >= 0.6 is 11.6 Å². The number of halogens is 1. The van der Waals surface area contributed by atoms with Crippen molar-refractivity contribution in [2.75, 3.05) is 19.7 Å². The number of aryl methyl sites for hydroxylation is 1. The molecule has 1 heterocycles. The van der Waals surface area contributed by atoms with Crippen LogP contribution in [0.4, 0.5) is 0 Å². The summed E-state index contributed by atoms with van der Waals surface area (Å²) in [6, 6.07) is 13.1. The fourth-order valence-corrected chi connectivity index (χ4v) is 4.84. The molecule has 2 aromatic rings. The molecule has 0 unspecified atom stereocenters. The molecule has 2 aromatic carbocycles. The van der Waals surface area contributed by atoms with Crippen molar-refractivity contribution in [1.82, 2.24) is 21.3 Å². The van der Waals surface area contributed by atoms with Crippen LogP contribution in [0.2, 0.25) is 5.02 Å². The summed E-state index contributed by atoms with van der Waals surface area (Å²) in [5.74, 6) is -0.283. The first-order chi connectivity index (χ1) is 18.8. The molecule has 0 saturated carbocycles. The maximum absolute atomic E-state index is 13.5. The van der Waals surface area contributed by atoms with Gasteiger partial charge in [0.25, 0.3) is 0 Å². The molecule has 3 atom stereocenters. The zero-order valence-corrected chi connectivity index (χ0v) is 23.9. The molecule has 0 fully saturated rings. The first-order valence-electron chi connectivity index (χ1n) is 13.9. The number of fused-ring (bicyclic) bond motifs is 1. The van der Waals surface area contributed by atoms with Crippen LogP contribution in [0, 0.1) is 5.92 Å². The third-order valence-corrected chi connectivity index (χ3v) is 6.98.